The van der Waals surface area contributed by atoms with Gasteiger partial charge in [-0.2, -0.15) is 0 Å². The van der Waals surface area contributed by atoms with Crippen molar-refractivity contribution in [2.45, 2.75) is 6.92 Å². The molecule has 0 unspecified atom stereocenters. The van der Waals surface area contributed by atoms with Gasteiger partial charge in [0.25, 0.3) is 5.91 Å². The number of nitrogens with one attached hydrogen (secondary N) is 2. The minimum Gasteiger partial charge on any atom is -0.378 e. The Morgan fingerprint density at radius 3 is 2.88 bits per heavy atom. The van der Waals surface area contributed by atoms with E-state index in [-0.39, 0.29) is 11.7 Å². The lowest BCUT2D eigenvalue weighted by molar-refractivity contribution is 0.0918. The largest absolute Gasteiger partial charge is 0.378 e. The summed E-state index contributed by atoms with van der Waals surface area (Å²) in [6, 6.07) is 3.43. The highest BCUT2D eigenvalue weighted by Crippen LogP contribution is 2.16. The molecule has 2 aromatic rings. The maximum atomic E-state index is 11.7. The molecule has 0 bridgehead atoms. The lowest BCUT2D eigenvalue weighted by atomic mass is 10.4. The smallest absolute Gasteiger partial charge is 0.289 e. The highest BCUT2D eigenvalue weighted by atomic mass is 16.5. The summed E-state index contributed by atoms with van der Waals surface area (Å²) in [5, 5.41) is 9.44. The molecule has 9 heteroatoms. The molecule has 0 spiro atoms. The first-order valence-electron chi connectivity index (χ1n) is 7.83. The van der Waals surface area contributed by atoms with E-state index in [1.54, 1.807) is 0 Å². The van der Waals surface area contributed by atoms with Crippen molar-refractivity contribution in [1.29, 1.82) is 0 Å². The molecule has 0 aromatic carbocycles. The molecule has 3 rings (SSSR count). The number of carbonyl (C=O) groups is 1. The number of anilines is 2. The third-order valence-corrected chi connectivity index (χ3v) is 3.54. The standard InChI is InChI=1S/C15H20N6O3/c1-11-19-13(10-14(20-11)21-6-8-23-9-7-21)16-4-5-17-15(22)12-2-3-18-24-12/h2-3,10H,4-9H2,1H3,(H,17,22)(H,16,19,20). The van der Waals surface area contributed by atoms with Gasteiger partial charge in [0.05, 0.1) is 19.4 Å². The summed E-state index contributed by atoms with van der Waals surface area (Å²) in [5.74, 6) is 2.23. The van der Waals surface area contributed by atoms with Crippen LogP contribution in [-0.2, 0) is 4.74 Å². The first-order valence-corrected chi connectivity index (χ1v) is 7.83. The van der Waals surface area contributed by atoms with Crippen molar-refractivity contribution in [2.75, 3.05) is 49.6 Å². The van der Waals surface area contributed by atoms with Crippen molar-refractivity contribution in [3.8, 4) is 0 Å². The Morgan fingerprint density at radius 2 is 2.12 bits per heavy atom. The minimum absolute atomic E-state index is 0.197. The lowest BCUT2D eigenvalue weighted by Crippen LogP contribution is -2.37. The van der Waals surface area contributed by atoms with Gasteiger partial charge in [0.1, 0.15) is 17.5 Å². The zero-order valence-electron chi connectivity index (χ0n) is 13.5. The summed E-state index contributed by atoms with van der Waals surface area (Å²) in [6.45, 7) is 5.90. The number of carbonyl (C=O) groups excluding carboxylic acids is 1. The number of aromatic nitrogens is 3. The van der Waals surface area contributed by atoms with E-state index in [1.807, 2.05) is 13.0 Å². The number of morpholine rings is 1. The average molecular weight is 332 g/mol. The summed E-state index contributed by atoms with van der Waals surface area (Å²) in [4.78, 5) is 22.7. The average Bonchev–Trinajstić information content (AvgIpc) is 3.14. The Bertz CT molecular complexity index is 670. The molecule has 24 heavy (non-hydrogen) atoms. The summed E-state index contributed by atoms with van der Waals surface area (Å²) < 4.78 is 10.2. The van der Waals surface area contributed by atoms with E-state index in [4.69, 9.17) is 9.26 Å². The maximum Gasteiger partial charge on any atom is 0.289 e. The van der Waals surface area contributed by atoms with Crippen LogP contribution in [-0.4, -0.2) is 60.4 Å². The molecule has 1 amide bonds. The molecule has 3 heterocycles. The highest BCUT2D eigenvalue weighted by molar-refractivity contribution is 5.91. The van der Waals surface area contributed by atoms with Crippen LogP contribution in [0.4, 0.5) is 11.6 Å². The van der Waals surface area contributed by atoms with Gasteiger partial charge in [0, 0.05) is 38.3 Å². The Morgan fingerprint density at radius 1 is 1.29 bits per heavy atom. The third kappa shape index (κ3) is 4.19. The van der Waals surface area contributed by atoms with E-state index in [0.717, 1.165) is 24.7 Å². The fourth-order valence-corrected chi connectivity index (χ4v) is 2.38. The number of aryl methyl sites for hydroxylation is 1. The molecule has 2 aromatic heterocycles. The molecule has 1 saturated heterocycles. The van der Waals surface area contributed by atoms with E-state index < -0.39 is 0 Å². The SMILES string of the molecule is Cc1nc(NCCNC(=O)c2ccno2)cc(N2CCOCC2)n1. The molecule has 0 aliphatic carbocycles. The fraction of sp³-hybridized carbons (Fsp3) is 0.467. The van der Waals surface area contributed by atoms with Crippen molar-refractivity contribution in [2.24, 2.45) is 0 Å². The lowest BCUT2D eigenvalue weighted by Gasteiger charge is -2.28. The van der Waals surface area contributed by atoms with Gasteiger partial charge in [0.15, 0.2) is 0 Å². The van der Waals surface area contributed by atoms with Crippen molar-refractivity contribution < 1.29 is 14.1 Å². The van der Waals surface area contributed by atoms with Crippen molar-refractivity contribution in [1.82, 2.24) is 20.4 Å². The molecule has 128 valence electrons. The van der Waals surface area contributed by atoms with Crippen LogP contribution in [0.2, 0.25) is 0 Å². The third-order valence-electron chi connectivity index (χ3n) is 3.54. The first kappa shape index (κ1) is 16.2. The maximum absolute atomic E-state index is 11.7. The second-order valence-electron chi connectivity index (χ2n) is 5.32. The van der Waals surface area contributed by atoms with Crippen LogP contribution in [0.15, 0.2) is 22.9 Å². The summed E-state index contributed by atoms with van der Waals surface area (Å²) in [5.41, 5.74) is 0. The second-order valence-corrected chi connectivity index (χ2v) is 5.32. The van der Waals surface area contributed by atoms with E-state index >= 15 is 0 Å². The molecule has 2 N–H and O–H groups in total. The van der Waals surface area contributed by atoms with Gasteiger partial charge in [-0.1, -0.05) is 5.16 Å². The fourth-order valence-electron chi connectivity index (χ4n) is 2.38. The molecule has 0 atom stereocenters. The summed E-state index contributed by atoms with van der Waals surface area (Å²) in [7, 11) is 0. The number of hydrogen-bond donors (Lipinski definition) is 2. The normalized spacial score (nSPS) is 14.5. The molecule has 1 aliphatic rings. The molecule has 0 saturated carbocycles. The topological polar surface area (TPSA) is 105 Å². The monoisotopic (exact) mass is 332 g/mol. The van der Waals surface area contributed by atoms with Gasteiger partial charge in [-0.05, 0) is 6.92 Å². The molecule has 9 nitrogen and oxygen atoms in total. The molecule has 1 aliphatic heterocycles. The van der Waals surface area contributed by atoms with Crippen LogP contribution >= 0.6 is 0 Å². The van der Waals surface area contributed by atoms with Crippen LogP contribution in [0.1, 0.15) is 16.4 Å². The first-order chi connectivity index (χ1) is 11.7. The van der Waals surface area contributed by atoms with E-state index in [9.17, 15) is 4.79 Å². The number of nitrogens with zero attached hydrogens (tertiary/aromatic N) is 4. The van der Waals surface area contributed by atoms with Gasteiger partial charge in [0.2, 0.25) is 5.76 Å². The van der Waals surface area contributed by atoms with Gasteiger partial charge in [-0.25, -0.2) is 9.97 Å². The van der Waals surface area contributed by atoms with Crippen LogP contribution in [0, 0.1) is 6.92 Å². The Hall–Kier alpha value is -2.68. The van der Waals surface area contributed by atoms with Crippen LogP contribution in [0.5, 0.6) is 0 Å². The van der Waals surface area contributed by atoms with Gasteiger partial charge < -0.3 is 24.8 Å². The Labute approximate surface area is 139 Å². The van der Waals surface area contributed by atoms with Crippen LogP contribution in [0.3, 0.4) is 0 Å². The number of rotatable bonds is 6. The number of ether oxygens (including phenoxy) is 1. The van der Waals surface area contributed by atoms with Crippen molar-refractivity contribution in [3.63, 3.8) is 0 Å². The van der Waals surface area contributed by atoms with E-state index in [0.29, 0.717) is 32.1 Å². The summed E-state index contributed by atoms with van der Waals surface area (Å²) >= 11 is 0. The predicted molar refractivity (Wildman–Crippen MR) is 87.1 cm³/mol. The van der Waals surface area contributed by atoms with Crippen molar-refractivity contribution >= 4 is 17.5 Å². The van der Waals surface area contributed by atoms with E-state index in [2.05, 4.69) is 30.7 Å². The molecular weight excluding hydrogens is 312 g/mol. The van der Waals surface area contributed by atoms with Gasteiger partial charge >= 0.3 is 0 Å². The van der Waals surface area contributed by atoms with Crippen LogP contribution in [0.25, 0.3) is 0 Å². The van der Waals surface area contributed by atoms with Gasteiger partial charge in [-0.3, -0.25) is 4.79 Å². The highest BCUT2D eigenvalue weighted by Gasteiger charge is 2.14. The molecule has 1 fully saturated rings. The van der Waals surface area contributed by atoms with Crippen molar-refractivity contribution in [3.05, 3.63) is 29.9 Å². The zero-order valence-corrected chi connectivity index (χ0v) is 13.5. The van der Waals surface area contributed by atoms with Gasteiger partial charge in [-0.15, -0.1) is 0 Å². The number of hydrogen-bond acceptors (Lipinski definition) is 8. The molecule has 0 radical (unpaired) electrons. The predicted octanol–water partition coefficient (Wildman–Crippen LogP) is 0.452. The zero-order chi connectivity index (χ0) is 16.8. The van der Waals surface area contributed by atoms with Crippen LogP contribution < -0.4 is 15.5 Å². The molecular formula is C15H20N6O3. The Kier molecular flexibility index (Phi) is 5.22. The second kappa shape index (κ2) is 7.73. The quantitative estimate of drug-likeness (QED) is 0.735. The number of amides is 1. The Balaban J connectivity index is 1.51. The van der Waals surface area contributed by atoms with E-state index in [1.165, 1.54) is 12.3 Å². The summed E-state index contributed by atoms with van der Waals surface area (Å²) in [6.07, 6.45) is 1.43. The minimum atomic E-state index is -0.290.